The number of ketones is 1. The molecule has 0 bridgehead atoms. The number of nitro benzene ring substituents is 1. The van der Waals surface area contributed by atoms with Gasteiger partial charge >= 0.3 is 0 Å². The van der Waals surface area contributed by atoms with Crippen molar-refractivity contribution < 1.29 is 14.5 Å². The molecule has 25 heavy (non-hydrogen) atoms. The second-order valence-corrected chi connectivity index (χ2v) is 5.26. The van der Waals surface area contributed by atoms with Crippen LogP contribution in [0.1, 0.15) is 6.92 Å². The third kappa shape index (κ3) is 4.54. The number of aromatic amines is 1. The van der Waals surface area contributed by atoms with Crippen LogP contribution >= 0.6 is 12.2 Å². The van der Waals surface area contributed by atoms with Crippen molar-refractivity contribution in [1.29, 1.82) is 0 Å². The minimum absolute atomic E-state index is 0.0226. The standard InChI is InChI=1S/C15H12N4O5S/c1-9(20)12(8-18-7-6-13(21)17-15(18)25)14(22)16-10-2-4-11(5-3-10)19(23)24/h2-8H,1H3,(H,16,22)(H,17,21,25)/b12-8+. The van der Waals surface area contributed by atoms with Crippen molar-refractivity contribution in [3.05, 3.63) is 67.3 Å². The largest absolute Gasteiger partial charge is 0.322 e. The lowest BCUT2D eigenvalue weighted by atomic mass is 10.2. The first kappa shape index (κ1) is 17.9. The zero-order valence-electron chi connectivity index (χ0n) is 12.9. The number of carbonyl (C=O) groups is 2. The van der Waals surface area contributed by atoms with Crippen LogP contribution in [0.2, 0.25) is 0 Å². The Morgan fingerprint density at radius 1 is 1.28 bits per heavy atom. The number of amides is 1. The van der Waals surface area contributed by atoms with Crippen LogP contribution < -0.4 is 10.9 Å². The molecular formula is C15H12N4O5S. The molecule has 2 rings (SSSR count). The molecule has 128 valence electrons. The smallest absolute Gasteiger partial charge is 0.269 e. The minimum atomic E-state index is -0.713. The number of nitro groups is 1. The van der Waals surface area contributed by atoms with Crippen LogP contribution in [0.25, 0.3) is 6.20 Å². The van der Waals surface area contributed by atoms with Crippen molar-refractivity contribution in [3.63, 3.8) is 0 Å². The summed E-state index contributed by atoms with van der Waals surface area (Å²) in [7, 11) is 0. The molecule has 0 fully saturated rings. The predicted molar refractivity (Wildman–Crippen MR) is 92.6 cm³/mol. The quantitative estimate of drug-likeness (QED) is 0.209. The number of carbonyl (C=O) groups excluding carboxylic acids is 2. The molecule has 1 aromatic heterocycles. The van der Waals surface area contributed by atoms with E-state index in [0.29, 0.717) is 0 Å². The van der Waals surface area contributed by atoms with Gasteiger partial charge in [0.15, 0.2) is 10.6 Å². The maximum atomic E-state index is 12.3. The van der Waals surface area contributed by atoms with Crippen LogP contribution in [0, 0.1) is 14.9 Å². The first-order chi connectivity index (χ1) is 11.8. The average molecular weight is 360 g/mol. The Morgan fingerprint density at radius 3 is 2.44 bits per heavy atom. The highest BCUT2D eigenvalue weighted by atomic mass is 32.1. The van der Waals surface area contributed by atoms with Gasteiger partial charge in [-0.2, -0.15) is 0 Å². The Kier molecular flexibility index (Phi) is 5.35. The van der Waals surface area contributed by atoms with Crippen molar-refractivity contribution in [2.45, 2.75) is 6.92 Å². The number of benzene rings is 1. The van der Waals surface area contributed by atoms with Gasteiger partial charge in [-0.25, -0.2) is 0 Å². The van der Waals surface area contributed by atoms with E-state index in [0.717, 1.165) is 0 Å². The van der Waals surface area contributed by atoms with Gasteiger partial charge in [0.25, 0.3) is 17.2 Å². The van der Waals surface area contributed by atoms with E-state index >= 15 is 0 Å². The second-order valence-electron chi connectivity index (χ2n) is 4.87. The van der Waals surface area contributed by atoms with E-state index in [-0.39, 0.29) is 21.7 Å². The normalized spacial score (nSPS) is 11.0. The van der Waals surface area contributed by atoms with Crippen molar-refractivity contribution in [3.8, 4) is 0 Å². The number of hydrogen-bond donors (Lipinski definition) is 2. The van der Waals surface area contributed by atoms with Crippen molar-refractivity contribution >= 4 is 41.5 Å². The molecule has 0 radical (unpaired) electrons. The van der Waals surface area contributed by atoms with Gasteiger partial charge in [0.2, 0.25) is 0 Å². The molecule has 0 unspecified atom stereocenters. The first-order valence-electron chi connectivity index (χ1n) is 6.88. The summed E-state index contributed by atoms with van der Waals surface area (Å²) in [5, 5.41) is 13.1. The number of H-pyrrole nitrogens is 1. The van der Waals surface area contributed by atoms with Crippen LogP contribution in [0.15, 0.2) is 46.9 Å². The zero-order valence-corrected chi connectivity index (χ0v) is 13.7. The molecule has 0 saturated carbocycles. The summed E-state index contributed by atoms with van der Waals surface area (Å²) in [6, 6.07) is 6.34. The highest BCUT2D eigenvalue weighted by molar-refractivity contribution is 7.71. The first-order valence-corrected chi connectivity index (χ1v) is 7.29. The Balaban J connectivity index is 2.30. The number of rotatable bonds is 5. The second kappa shape index (κ2) is 7.45. The number of Topliss-reactive ketones (excluding diaryl/α,β-unsaturated/α-hetero) is 1. The van der Waals surface area contributed by atoms with Gasteiger partial charge < -0.3 is 5.32 Å². The Bertz CT molecular complexity index is 988. The van der Waals surface area contributed by atoms with E-state index in [9.17, 15) is 24.5 Å². The topological polar surface area (TPSA) is 127 Å². The molecule has 0 aliphatic heterocycles. The summed E-state index contributed by atoms with van der Waals surface area (Å²) in [4.78, 5) is 47.6. The van der Waals surface area contributed by atoms with Gasteiger partial charge in [0.05, 0.1) is 10.5 Å². The monoisotopic (exact) mass is 360 g/mol. The Hall–Kier alpha value is -3.40. The van der Waals surface area contributed by atoms with E-state index in [1.807, 2.05) is 0 Å². The van der Waals surface area contributed by atoms with Gasteiger partial charge in [-0.15, -0.1) is 0 Å². The van der Waals surface area contributed by atoms with Crippen LogP contribution in [0.3, 0.4) is 0 Å². The molecule has 0 spiro atoms. The molecule has 0 aliphatic rings. The Labute approximate surface area is 145 Å². The molecule has 1 amide bonds. The number of non-ortho nitro benzene ring substituents is 1. The van der Waals surface area contributed by atoms with E-state index in [2.05, 4.69) is 10.3 Å². The molecule has 0 saturated heterocycles. The van der Waals surface area contributed by atoms with Crippen LogP contribution in [0.5, 0.6) is 0 Å². The lowest BCUT2D eigenvalue weighted by Gasteiger charge is -2.07. The number of nitrogens with zero attached hydrogens (tertiary/aromatic N) is 2. The highest BCUT2D eigenvalue weighted by Gasteiger charge is 2.16. The van der Waals surface area contributed by atoms with E-state index < -0.39 is 22.2 Å². The van der Waals surface area contributed by atoms with Gasteiger partial charge in [0, 0.05) is 36.3 Å². The maximum Gasteiger partial charge on any atom is 0.269 e. The van der Waals surface area contributed by atoms with Crippen molar-refractivity contribution in [1.82, 2.24) is 9.55 Å². The fourth-order valence-corrected chi connectivity index (χ4v) is 2.06. The van der Waals surface area contributed by atoms with Crippen LogP contribution in [-0.2, 0) is 9.59 Å². The fourth-order valence-electron chi connectivity index (χ4n) is 1.84. The predicted octanol–water partition coefficient (Wildman–Crippen LogP) is 1.88. The summed E-state index contributed by atoms with van der Waals surface area (Å²) in [5.74, 6) is -1.23. The number of anilines is 1. The molecule has 2 N–H and O–H groups in total. The van der Waals surface area contributed by atoms with E-state index in [1.54, 1.807) is 0 Å². The summed E-state index contributed by atoms with van der Waals surface area (Å²) in [5.41, 5.74) is -0.455. The maximum absolute atomic E-state index is 12.3. The highest BCUT2D eigenvalue weighted by Crippen LogP contribution is 2.16. The third-order valence-corrected chi connectivity index (χ3v) is 3.39. The molecule has 9 nitrogen and oxygen atoms in total. The van der Waals surface area contributed by atoms with Gasteiger partial charge in [0.1, 0.15) is 0 Å². The summed E-state index contributed by atoms with van der Waals surface area (Å²) in [6.07, 6.45) is 2.52. The molecule has 2 aromatic rings. The summed E-state index contributed by atoms with van der Waals surface area (Å²) < 4.78 is 1.28. The summed E-state index contributed by atoms with van der Waals surface area (Å²) in [6.45, 7) is 1.20. The SMILES string of the molecule is CC(=O)/C(=C\n1ccc(=O)[nH]c1=S)C(=O)Nc1ccc([N+](=O)[O-])cc1. The lowest BCUT2D eigenvalue weighted by Crippen LogP contribution is -2.20. The lowest BCUT2D eigenvalue weighted by molar-refractivity contribution is -0.384. The fraction of sp³-hybridized carbons (Fsp3) is 0.0667. The third-order valence-electron chi connectivity index (χ3n) is 3.08. The van der Waals surface area contributed by atoms with Crippen molar-refractivity contribution in [2.75, 3.05) is 5.32 Å². The van der Waals surface area contributed by atoms with E-state index in [1.165, 1.54) is 54.2 Å². The molecule has 1 heterocycles. The van der Waals surface area contributed by atoms with E-state index in [4.69, 9.17) is 12.2 Å². The summed E-state index contributed by atoms with van der Waals surface area (Å²) >= 11 is 4.96. The van der Waals surface area contributed by atoms with Crippen LogP contribution in [0.4, 0.5) is 11.4 Å². The Morgan fingerprint density at radius 2 is 1.92 bits per heavy atom. The van der Waals surface area contributed by atoms with Gasteiger partial charge in [-0.3, -0.25) is 34.0 Å². The molecule has 0 aliphatic carbocycles. The minimum Gasteiger partial charge on any atom is -0.322 e. The molecule has 0 atom stereocenters. The van der Waals surface area contributed by atoms with Crippen LogP contribution in [-0.4, -0.2) is 26.2 Å². The molecule has 10 heteroatoms. The number of hydrogen-bond acceptors (Lipinski definition) is 6. The zero-order chi connectivity index (χ0) is 18.6. The molecule has 1 aromatic carbocycles. The van der Waals surface area contributed by atoms with Gasteiger partial charge in [-0.05, 0) is 31.3 Å². The average Bonchev–Trinajstić information content (AvgIpc) is 2.54. The number of nitrogens with one attached hydrogen (secondary N) is 2. The van der Waals surface area contributed by atoms with Crippen molar-refractivity contribution in [2.24, 2.45) is 0 Å². The number of aromatic nitrogens is 2. The van der Waals surface area contributed by atoms with Gasteiger partial charge in [-0.1, -0.05) is 0 Å². The molecular weight excluding hydrogens is 348 g/mol.